The van der Waals surface area contributed by atoms with Crippen molar-refractivity contribution in [3.05, 3.63) is 58.9 Å². The zero-order valence-corrected chi connectivity index (χ0v) is 17.8. The van der Waals surface area contributed by atoms with Crippen LogP contribution >= 0.6 is 11.6 Å². The fourth-order valence-corrected chi connectivity index (χ4v) is 5.61. The molecule has 0 spiro atoms. The summed E-state index contributed by atoms with van der Waals surface area (Å²) in [6.07, 6.45) is 2.23. The predicted octanol–water partition coefficient (Wildman–Crippen LogP) is 3.56. The van der Waals surface area contributed by atoms with Crippen molar-refractivity contribution >= 4 is 33.2 Å². The number of ether oxygens (including phenoxy) is 1. The van der Waals surface area contributed by atoms with Crippen LogP contribution in [-0.4, -0.2) is 44.9 Å². The van der Waals surface area contributed by atoms with Gasteiger partial charge in [0.05, 0.1) is 18.6 Å². The summed E-state index contributed by atoms with van der Waals surface area (Å²) in [4.78, 5) is 12.7. The number of benzene rings is 2. The third kappa shape index (κ3) is 3.85. The molecule has 2 aliphatic rings. The molecule has 1 amide bonds. The van der Waals surface area contributed by atoms with E-state index in [1.165, 1.54) is 16.4 Å². The van der Waals surface area contributed by atoms with E-state index < -0.39 is 26.2 Å². The quantitative estimate of drug-likeness (QED) is 0.752. The van der Waals surface area contributed by atoms with Gasteiger partial charge in [0, 0.05) is 23.8 Å². The summed E-state index contributed by atoms with van der Waals surface area (Å²) in [5, 5.41) is 3.34. The van der Waals surface area contributed by atoms with Crippen molar-refractivity contribution in [3.63, 3.8) is 0 Å². The first-order chi connectivity index (χ1) is 14.3. The van der Waals surface area contributed by atoms with Crippen LogP contribution in [-0.2, 0) is 25.0 Å². The molecular weight excluding hydrogens is 431 g/mol. The molecule has 1 aliphatic carbocycles. The maximum Gasteiger partial charge on any atom is 0.246 e. The van der Waals surface area contributed by atoms with Crippen LogP contribution in [0.2, 0.25) is 5.02 Å². The number of sulfonamides is 1. The molecule has 0 atom stereocenters. The van der Waals surface area contributed by atoms with Crippen LogP contribution in [0.15, 0.2) is 47.4 Å². The largest absolute Gasteiger partial charge is 0.379 e. The van der Waals surface area contributed by atoms with Gasteiger partial charge in [0.1, 0.15) is 10.7 Å². The molecule has 0 bridgehead atoms. The van der Waals surface area contributed by atoms with Crippen molar-refractivity contribution in [2.24, 2.45) is 0 Å². The summed E-state index contributed by atoms with van der Waals surface area (Å²) in [5.41, 5.74) is 0.339. The molecular formula is C21H22ClFN2O4S. The summed E-state index contributed by atoms with van der Waals surface area (Å²) >= 11 is 6.11. The van der Waals surface area contributed by atoms with E-state index in [0.717, 1.165) is 18.1 Å². The second kappa shape index (κ2) is 8.26. The normalized spacial score (nSPS) is 19.1. The number of hydrogen-bond acceptors (Lipinski definition) is 4. The molecule has 1 aliphatic heterocycles. The fourth-order valence-electron chi connectivity index (χ4n) is 3.92. The molecule has 4 rings (SSSR count). The molecule has 2 aromatic rings. The van der Waals surface area contributed by atoms with Gasteiger partial charge in [-0.05, 0) is 48.7 Å². The topological polar surface area (TPSA) is 75.7 Å². The number of carbonyl (C=O) groups is 1. The molecule has 0 unspecified atom stereocenters. The number of carbonyl (C=O) groups excluding carboxylic acids is 1. The van der Waals surface area contributed by atoms with Crippen LogP contribution in [0, 0.1) is 5.82 Å². The minimum absolute atomic E-state index is 0.163. The second-order valence-electron chi connectivity index (χ2n) is 7.56. The molecule has 30 heavy (non-hydrogen) atoms. The van der Waals surface area contributed by atoms with Gasteiger partial charge in [-0.3, -0.25) is 4.79 Å². The van der Waals surface area contributed by atoms with Crippen LogP contribution in [0.5, 0.6) is 0 Å². The molecule has 2 aromatic carbocycles. The second-order valence-corrected chi connectivity index (χ2v) is 9.90. The number of rotatable bonds is 5. The predicted molar refractivity (Wildman–Crippen MR) is 112 cm³/mol. The lowest BCUT2D eigenvalue weighted by molar-refractivity contribution is -0.124. The van der Waals surface area contributed by atoms with E-state index in [-0.39, 0.29) is 37.9 Å². The van der Waals surface area contributed by atoms with E-state index in [1.807, 2.05) is 6.07 Å². The molecule has 1 N–H and O–H groups in total. The SMILES string of the molecule is O=C(Nc1ccc(F)c(S(=O)(=O)N2CCOCC2)c1)C1(c2cccc(Cl)c2)CCC1. The Morgan fingerprint density at radius 1 is 1.13 bits per heavy atom. The first-order valence-corrected chi connectivity index (χ1v) is 11.6. The number of nitrogens with zero attached hydrogens (tertiary/aromatic N) is 1. The highest BCUT2D eigenvalue weighted by Gasteiger charge is 2.45. The highest BCUT2D eigenvalue weighted by Crippen LogP contribution is 2.45. The fraction of sp³-hybridized carbons (Fsp3) is 0.381. The van der Waals surface area contributed by atoms with Crippen molar-refractivity contribution in [2.75, 3.05) is 31.6 Å². The first kappa shape index (κ1) is 21.2. The zero-order chi connectivity index (χ0) is 21.4. The Hall–Kier alpha value is -2.00. The van der Waals surface area contributed by atoms with E-state index in [9.17, 15) is 17.6 Å². The van der Waals surface area contributed by atoms with Gasteiger partial charge in [-0.1, -0.05) is 30.2 Å². The lowest BCUT2D eigenvalue weighted by Gasteiger charge is -2.40. The monoisotopic (exact) mass is 452 g/mol. The Morgan fingerprint density at radius 2 is 1.87 bits per heavy atom. The third-order valence-corrected chi connectivity index (χ3v) is 7.94. The average molecular weight is 453 g/mol. The van der Waals surface area contributed by atoms with Crippen molar-refractivity contribution < 1.29 is 22.3 Å². The molecule has 160 valence electrons. The van der Waals surface area contributed by atoms with E-state index in [2.05, 4.69) is 5.32 Å². The van der Waals surface area contributed by atoms with Crippen LogP contribution < -0.4 is 5.32 Å². The molecule has 0 radical (unpaired) electrons. The Kier molecular flexibility index (Phi) is 5.85. The molecule has 1 saturated heterocycles. The maximum absolute atomic E-state index is 14.4. The lowest BCUT2D eigenvalue weighted by atomic mass is 9.64. The van der Waals surface area contributed by atoms with Gasteiger partial charge in [0.25, 0.3) is 0 Å². The van der Waals surface area contributed by atoms with E-state index in [0.29, 0.717) is 17.9 Å². The average Bonchev–Trinajstić information content (AvgIpc) is 2.69. The van der Waals surface area contributed by atoms with Crippen molar-refractivity contribution in [1.29, 1.82) is 0 Å². The molecule has 6 nitrogen and oxygen atoms in total. The Morgan fingerprint density at radius 3 is 2.50 bits per heavy atom. The number of nitrogens with one attached hydrogen (secondary N) is 1. The molecule has 9 heteroatoms. The summed E-state index contributed by atoms with van der Waals surface area (Å²) < 4.78 is 46.5. The number of amides is 1. The van der Waals surface area contributed by atoms with Gasteiger partial charge >= 0.3 is 0 Å². The minimum Gasteiger partial charge on any atom is -0.379 e. The summed E-state index contributed by atoms with van der Waals surface area (Å²) in [5.74, 6) is -1.11. The van der Waals surface area contributed by atoms with Gasteiger partial charge in [-0.15, -0.1) is 0 Å². The van der Waals surface area contributed by atoms with Gasteiger partial charge in [-0.2, -0.15) is 4.31 Å². The first-order valence-electron chi connectivity index (χ1n) is 9.78. The smallest absolute Gasteiger partial charge is 0.246 e. The Labute approximate surface area is 180 Å². The Balaban J connectivity index is 1.61. The molecule has 2 fully saturated rings. The van der Waals surface area contributed by atoms with Gasteiger partial charge in [0.15, 0.2) is 0 Å². The zero-order valence-electron chi connectivity index (χ0n) is 16.2. The van der Waals surface area contributed by atoms with Crippen LogP contribution in [0.25, 0.3) is 0 Å². The summed E-state index contributed by atoms with van der Waals surface area (Å²) in [6.45, 7) is 0.853. The number of anilines is 1. The van der Waals surface area contributed by atoms with E-state index in [4.69, 9.17) is 16.3 Å². The van der Waals surface area contributed by atoms with Crippen LogP contribution in [0.4, 0.5) is 10.1 Å². The van der Waals surface area contributed by atoms with Crippen LogP contribution in [0.3, 0.4) is 0 Å². The maximum atomic E-state index is 14.4. The highest BCUT2D eigenvalue weighted by molar-refractivity contribution is 7.89. The standard InChI is InChI=1S/C21H22ClFN2O4S/c22-16-4-1-3-15(13-16)21(7-2-8-21)20(26)24-17-5-6-18(23)19(14-17)30(27,28)25-9-11-29-12-10-25/h1,3-6,13-14H,2,7-12H2,(H,24,26). The van der Waals surface area contributed by atoms with Gasteiger partial charge < -0.3 is 10.1 Å². The van der Waals surface area contributed by atoms with Crippen molar-refractivity contribution in [1.82, 2.24) is 4.31 Å². The highest BCUT2D eigenvalue weighted by atomic mass is 35.5. The van der Waals surface area contributed by atoms with Crippen molar-refractivity contribution in [2.45, 2.75) is 29.6 Å². The molecule has 1 heterocycles. The van der Waals surface area contributed by atoms with Gasteiger partial charge in [-0.25, -0.2) is 12.8 Å². The number of hydrogen-bond donors (Lipinski definition) is 1. The van der Waals surface area contributed by atoms with Crippen molar-refractivity contribution in [3.8, 4) is 0 Å². The lowest BCUT2D eigenvalue weighted by Crippen LogP contribution is -2.46. The van der Waals surface area contributed by atoms with E-state index in [1.54, 1.807) is 18.2 Å². The Bertz CT molecular complexity index is 1070. The summed E-state index contributed by atoms with van der Waals surface area (Å²) in [6, 6.07) is 10.8. The van der Waals surface area contributed by atoms with Crippen LogP contribution in [0.1, 0.15) is 24.8 Å². The minimum atomic E-state index is -4.03. The number of morpholine rings is 1. The van der Waals surface area contributed by atoms with Gasteiger partial charge in [0.2, 0.25) is 15.9 Å². The molecule has 0 aromatic heterocycles. The third-order valence-electron chi connectivity index (χ3n) is 5.80. The summed E-state index contributed by atoms with van der Waals surface area (Å²) in [7, 11) is -4.03. The molecule has 1 saturated carbocycles. The number of halogens is 2. The van der Waals surface area contributed by atoms with E-state index >= 15 is 0 Å².